The second kappa shape index (κ2) is 8.70. The first-order valence-corrected chi connectivity index (χ1v) is 7.88. The van der Waals surface area contributed by atoms with Gasteiger partial charge in [0.1, 0.15) is 0 Å². The van der Waals surface area contributed by atoms with Crippen LogP contribution in [-0.2, 0) is 22.6 Å². The van der Waals surface area contributed by atoms with Gasteiger partial charge < -0.3 is 10.0 Å². The van der Waals surface area contributed by atoms with Crippen LogP contribution < -0.4 is 0 Å². The van der Waals surface area contributed by atoms with Crippen molar-refractivity contribution in [2.24, 2.45) is 5.92 Å². The lowest BCUT2D eigenvalue weighted by Crippen LogP contribution is -2.48. The summed E-state index contributed by atoms with van der Waals surface area (Å²) >= 11 is 0. The fourth-order valence-corrected chi connectivity index (χ4v) is 3.43. The van der Waals surface area contributed by atoms with E-state index >= 15 is 0 Å². The maximum absolute atomic E-state index is 12.6. The van der Waals surface area contributed by atoms with Crippen molar-refractivity contribution in [3.63, 3.8) is 0 Å². The van der Waals surface area contributed by atoms with Crippen molar-refractivity contribution in [1.82, 2.24) is 9.80 Å². The summed E-state index contributed by atoms with van der Waals surface area (Å²) < 4.78 is 0. The number of aliphatic carboxylic acids is 1. The Balaban J connectivity index is 0.00000144. The number of nitrogens with zero attached hydrogens (tertiary/aromatic N) is 2. The average molecular weight is 375 g/mol. The lowest BCUT2D eigenvalue weighted by molar-refractivity contribution is -0.141. The second-order valence-corrected chi connectivity index (χ2v) is 6.27. The third-order valence-electron chi connectivity index (χ3n) is 4.91. The molecule has 0 aliphatic carbocycles. The zero-order valence-electron chi connectivity index (χ0n) is 13.7. The molecule has 1 amide bonds. The number of likely N-dealkylation sites (tertiary alicyclic amines) is 1. The Morgan fingerprint density at radius 2 is 1.83 bits per heavy atom. The quantitative estimate of drug-likeness (QED) is 0.880. The Kier molecular flexibility index (Phi) is 7.52. The van der Waals surface area contributed by atoms with E-state index < -0.39 is 11.9 Å². The van der Waals surface area contributed by atoms with Crippen LogP contribution in [0.25, 0.3) is 0 Å². The third-order valence-corrected chi connectivity index (χ3v) is 4.91. The number of benzene rings is 1. The van der Waals surface area contributed by atoms with E-state index in [1.54, 1.807) is 4.90 Å². The molecule has 0 aromatic heterocycles. The summed E-state index contributed by atoms with van der Waals surface area (Å²) in [4.78, 5) is 27.6. The number of fused-ring (bicyclic) bond motifs is 1. The number of carbonyl (C=O) groups is 2. The van der Waals surface area contributed by atoms with Gasteiger partial charge >= 0.3 is 5.97 Å². The second-order valence-electron chi connectivity index (χ2n) is 6.27. The fraction of sp³-hybridized carbons (Fsp3) is 0.529. The number of hydrogen-bond donors (Lipinski definition) is 1. The van der Waals surface area contributed by atoms with Gasteiger partial charge in [-0.15, -0.1) is 24.8 Å². The van der Waals surface area contributed by atoms with Crippen LogP contribution in [0.2, 0.25) is 0 Å². The van der Waals surface area contributed by atoms with E-state index in [-0.39, 0.29) is 36.8 Å². The van der Waals surface area contributed by atoms with Crippen LogP contribution in [0.4, 0.5) is 0 Å². The van der Waals surface area contributed by atoms with Crippen LogP contribution in [0.3, 0.4) is 0 Å². The van der Waals surface area contributed by atoms with Crippen LogP contribution in [0.1, 0.15) is 24.5 Å². The predicted octanol–water partition coefficient (Wildman–Crippen LogP) is 2.21. The van der Waals surface area contributed by atoms with Crippen LogP contribution in [0.5, 0.6) is 0 Å². The van der Waals surface area contributed by atoms with Gasteiger partial charge in [0, 0.05) is 26.2 Å². The number of rotatable bonds is 3. The molecule has 0 bridgehead atoms. The van der Waals surface area contributed by atoms with Crippen molar-refractivity contribution >= 4 is 36.7 Å². The van der Waals surface area contributed by atoms with Crippen molar-refractivity contribution < 1.29 is 14.7 Å². The number of carbonyl (C=O) groups excluding carboxylic acids is 1. The first kappa shape index (κ1) is 20.7. The fourth-order valence-electron chi connectivity index (χ4n) is 3.43. The summed E-state index contributed by atoms with van der Waals surface area (Å²) in [5, 5.41) is 9.06. The monoisotopic (exact) mass is 374 g/mol. The normalized spacial score (nSPS) is 21.2. The molecule has 2 unspecified atom stereocenters. The first-order valence-electron chi connectivity index (χ1n) is 7.88. The molecule has 0 spiro atoms. The molecule has 7 heteroatoms. The molecular weight excluding hydrogens is 351 g/mol. The Labute approximate surface area is 154 Å². The minimum absolute atomic E-state index is 0. The summed E-state index contributed by atoms with van der Waals surface area (Å²) in [6.45, 7) is 4.51. The van der Waals surface area contributed by atoms with Gasteiger partial charge in [0.25, 0.3) is 0 Å². The molecule has 134 valence electrons. The van der Waals surface area contributed by atoms with Crippen molar-refractivity contribution in [2.75, 3.05) is 19.6 Å². The lowest BCUT2D eigenvalue weighted by atomic mass is 9.98. The van der Waals surface area contributed by atoms with Crippen LogP contribution >= 0.6 is 24.8 Å². The molecule has 1 N–H and O–H groups in total. The summed E-state index contributed by atoms with van der Waals surface area (Å²) in [5.74, 6) is -1.14. The highest BCUT2D eigenvalue weighted by atomic mass is 35.5. The van der Waals surface area contributed by atoms with Crippen LogP contribution in [-0.4, -0.2) is 52.5 Å². The topological polar surface area (TPSA) is 60.9 Å². The first-order chi connectivity index (χ1) is 10.6. The van der Waals surface area contributed by atoms with E-state index in [1.807, 2.05) is 13.0 Å². The van der Waals surface area contributed by atoms with E-state index in [9.17, 15) is 9.59 Å². The standard InChI is InChI=1S/C17H22N2O3.2ClH/c1-12(16(20)19-9-7-15(11-19)17(21)22)18-8-6-13-4-2-3-5-14(13)10-18;;/h2-5,12,15H,6-11H2,1H3,(H,21,22);2*1H. The van der Waals surface area contributed by atoms with Gasteiger partial charge in [-0.2, -0.15) is 0 Å². The van der Waals surface area contributed by atoms with Crippen molar-refractivity contribution in [3.05, 3.63) is 35.4 Å². The maximum atomic E-state index is 12.6. The molecule has 5 nitrogen and oxygen atoms in total. The van der Waals surface area contributed by atoms with Gasteiger partial charge in [0.2, 0.25) is 5.91 Å². The smallest absolute Gasteiger partial charge is 0.308 e. The van der Waals surface area contributed by atoms with E-state index in [0.717, 1.165) is 19.5 Å². The van der Waals surface area contributed by atoms with Gasteiger partial charge in [-0.1, -0.05) is 24.3 Å². The largest absolute Gasteiger partial charge is 0.481 e. The number of hydrogen-bond acceptors (Lipinski definition) is 3. The number of carboxylic acids is 1. The Morgan fingerprint density at radius 3 is 2.46 bits per heavy atom. The minimum atomic E-state index is -0.796. The van der Waals surface area contributed by atoms with E-state index in [1.165, 1.54) is 11.1 Å². The SMILES string of the molecule is CC(C(=O)N1CCC(C(=O)O)C1)N1CCc2ccccc2C1.Cl.Cl. The Morgan fingerprint density at radius 1 is 1.17 bits per heavy atom. The van der Waals surface area contributed by atoms with Gasteiger partial charge in [-0.3, -0.25) is 14.5 Å². The molecule has 2 aliphatic heterocycles. The summed E-state index contributed by atoms with van der Waals surface area (Å²) in [6.07, 6.45) is 1.53. The zero-order valence-corrected chi connectivity index (χ0v) is 15.3. The number of carboxylic acid groups (broad SMARTS) is 1. The molecule has 3 rings (SSSR count). The Hall–Kier alpha value is -1.30. The van der Waals surface area contributed by atoms with Crippen molar-refractivity contribution in [2.45, 2.75) is 32.4 Å². The predicted molar refractivity (Wildman–Crippen MR) is 96.8 cm³/mol. The molecular formula is C17H24Cl2N2O3. The van der Waals surface area contributed by atoms with Gasteiger partial charge in [0.15, 0.2) is 0 Å². The molecule has 0 radical (unpaired) electrons. The molecule has 2 aliphatic rings. The lowest BCUT2D eigenvalue weighted by Gasteiger charge is -2.34. The van der Waals surface area contributed by atoms with Crippen molar-refractivity contribution in [1.29, 1.82) is 0 Å². The summed E-state index contributed by atoms with van der Waals surface area (Å²) in [6, 6.07) is 8.17. The molecule has 1 aromatic carbocycles. The third kappa shape index (κ3) is 4.21. The van der Waals surface area contributed by atoms with E-state index in [2.05, 4.69) is 23.1 Å². The van der Waals surface area contributed by atoms with Crippen LogP contribution in [0.15, 0.2) is 24.3 Å². The number of amides is 1. The Bertz CT molecular complexity index is 597. The van der Waals surface area contributed by atoms with E-state index in [0.29, 0.717) is 19.5 Å². The summed E-state index contributed by atoms with van der Waals surface area (Å²) in [5.41, 5.74) is 2.66. The highest BCUT2D eigenvalue weighted by Crippen LogP contribution is 2.23. The van der Waals surface area contributed by atoms with Crippen LogP contribution in [0, 0.1) is 5.92 Å². The van der Waals surface area contributed by atoms with Gasteiger partial charge in [0.05, 0.1) is 12.0 Å². The highest BCUT2D eigenvalue weighted by molar-refractivity contribution is 5.85. The number of halogens is 2. The molecule has 1 fully saturated rings. The molecule has 2 atom stereocenters. The molecule has 1 aromatic rings. The molecule has 2 heterocycles. The summed E-state index contributed by atoms with van der Waals surface area (Å²) in [7, 11) is 0. The zero-order chi connectivity index (χ0) is 15.7. The van der Waals surface area contributed by atoms with Gasteiger partial charge in [-0.05, 0) is 30.9 Å². The maximum Gasteiger partial charge on any atom is 0.308 e. The average Bonchev–Trinajstić information content (AvgIpc) is 3.03. The van der Waals surface area contributed by atoms with E-state index in [4.69, 9.17) is 5.11 Å². The molecule has 0 saturated carbocycles. The molecule has 1 saturated heterocycles. The van der Waals surface area contributed by atoms with Crippen molar-refractivity contribution in [3.8, 4) is 0 Å². The highest BCUT2D eigenvalue weighted by Gasteiger charge is 2.35. The minimum Gasteiger partial charge on any atom is -0.481 e. The molecule has 24 heavy (non-hydrogen) atoms. The van der Waals surface area contributed by atoms with Gasteiger partial charge in [-0.25, -0.2) is 0 Å².